The van der Waals surface area contributed by atoms with Gasteiger partial charge in [0.05, 0.1) is 12.3 Å². The molecule has 8 nitrogen and oxygen atoms in total. The van der Waals surface area contributed by atoms with Crippen molar-refractivity contribution >= 4 is 52.8 Å². The van der Waals surface area contributed by atoms with Crippen LogP contribution in [-0.4, -0.2) is 24.5 Å². The second-order valence-corrected chi connectivity index (χ2v) is 10.2. The molecule has 4 amide bonds. The maximum absolute atomic E-state index is 13.4. The van der Waals surface area contributed by atoms with Gasteiger partial charge in [-0.25, -0.2) is 9.69 Å². The zero-order valence-corrected chi connectivity index (χ0v) is 24.5. The molecule has 1 saturated heterocycles. The van der Waals surface area contributed by atoms with Crippen molar-refractivity contribution in [3.63, 3.8) is 0 Å². The molecule has 43 heavy (non-hydrogen) atoms. The average Bonchev–Trinajstić information content (AvgIpc) is 3.00. The van der Waals surface area contributed by atoms with Crippen molar-refractivity contribution in [2.24, 2.45) is 0 Å². The lowest BCUT2D eigenvalue weighted by Crippen LogP contribution is -2.54. The summed E-state index contributed by atoms with van der Waals surface area (Å²) < 4.78 is 17.5. The Morgan fingerprint density at radius 3 is 2.28 bits per heavy atom. The van der Waals surface area contributed by atoms with Crippen LogP contribution in [0.4, 0.5) is 10.5 Å². The lowest BCUT2D eigenvalue weighted by molar-refractivity contribution is -0.122. The predicted octanol–water partition coefficient (Wildman–Crippen LogP) is 7.22. The Balaban J connectivity index is 1.32. The molecule has 1 aliphatic heterocycles. The summed E-state index contributed by atoms with van der Waals surface area (Å²) >= 11 is 12.2. The number of rotatable bonds is 10. The van der Waals surface area contributed by atoms with Gasteiger partial charge in [-0.15, -0.1) is 0 Å². The molecule has 5 rings (SSSR count). The number of carbonyl (C=O) groups excluding carboxylic acids is 3. The summed E-state index contributed by atoms with van der Waals surface area (Å²) in [6.45, 7) is 2.77. The number of ether oxygens (including phenoxy) is 3. The van der Waals surface area contributed by atoms with Gasteiger partial charge in [0.25, 0.3) is 11.8 Å². The van der Waals surface area contributed by atoms with Gasteiger partial charge in [-0.3, -0.25) is 14.9 Å². The molecule has 10 heteroatoms. The van der Waals surface area contributed by atoms with E-state index < -0.39 is 17.8 Å². The van der Waals surface area contributed by atoms with E-state index in [1.807, 2.05) is 37.3 Å². The van der Waals surface area contributed by atoms with Crippen molar-refractivity contribution in [3.8, 4) is 17.2 Å². The lowest BCUT2D eigenvalue weighted by Gasteiger charge is -2.26. The maximum atomic E-state index is 13.4. The molecule has 1 heterocycles. The molecule has 0 spiro atoms. The van der Waals surface area contributed by atoms with E-state index in [9.17, 15) is 14.4 Å². The third-order valence-electron chi connectivity index (χ3n) is 6.42. The minimum atomic E-state index is -0.853. The van der Waals surface area contributed by atoms with E-state index in [0.717, 1.165) is 16.0 Å². The summed E-state index contributed by atoms with van der Waals surface area (Å²) in [5, 5.41) is 3.24. The largest absolute Gasteiger partial charge is 0.490 e. The fourth-order valence-electron chi connectivity index (χ4n) is 4.29. The number of hydrogen-bond acceptors (Lipinski definition) is 6. The summed E-state index contributed by atoms with van der Waals surface area (Å²) in [6.07, 6.45) is 1.41. The van der Waals surface area contributed by atoms with Crippen molar-refractivity contribution in [2.45, 2.75) is 20.1 Å². The number of imide groups is 2. The molecule has 0 unspecified atom stereocenters. The van der Waals surface area contributed by atoms with Crippen LogP contribution >= 0.6 is 23.2 Å². The first-order chi connectivity index (χ1) is 20.8. The molecule has 218 valence electrons. The monoisotopic (exact) mass is 616 g/mol. The van der Waals surface area contributed by atoms with Gasteiger partial charge in [-0.05, 0) is 72.7 Å². The molecule has 4 aromatic carbocycles. The number of urea groups is 1. The Bertz CT molecular complexity index is 1690. The molecule has 4 aromatic rings. The van der Waals surface area contributed by atoms with Crippen LogP contribution in [0.5, 0.6) is 17.2 Å². The number of anilines is 1. The van der Waals surface area contributed by atoms with Gasteiger partial charge in [0.15, 0.2) is 11.5 Å². The van der Waals surface area contributed by atoms with Crippen LogP contribution in [0.15, 0.2) is 96.6 Å². The summed E-state index contributed by atoms with van der Waals surface area (Å²) in [5.74, 6) is -0.0970. The van der Waals surface area contributed by atoms with Crippen LogP contribution < -0.4 is 24.4 Å². The lowest BCUT2D eigenvalue weighted by atomic mass is 10.1. The molecular formula is C33H26Cl2N2O6. The highest BCUT2D eigenvalue weighted by Crippen LogP contribution is 2.31. The van der Waals surface area contributed by atoms with Gasteiger partial charge in [-0.2, -0.15) is 0 Å². The summed E-state index contributed by atoms with van der Waals surface area (Å²) in [7, 11) is 0. The van der Waals surface area contributed by atoms with Crippen molar-refractivity contribution in [1.29, 1.82) is 0 Å². The highest BCUT2D eigenvalue weighted by molar-refractivity contribution is 6.39. The molecule has 1 fully saturated rings. The van der Waals surface area contributed by atoms with Crippen LogP contribution in [0.1, 0.15) is 23.6 Å². The minimum Gasteiger partial charge on any atom is -0.490 e. The fourth-order valence-corrected chi connectivity index (χ4v) is 4.75. The third-order valence-corrected chi connectivity index (χ3v) is 7.01. The van der Waals surface area contributed by atoms with Crippen molar-refractivity contribution in [3.05, 3.63) is 123 Å². The van der Waals surface area contributed by atoms with Crippen molar-refractivity contribution < 1.29 is 28.6 Å². The van der Waals surface area contributed by atoms with E-state index >= 15 is 0 Å². The van der Waals surface area contributed by atoms with Crippen molar-refractivity contribution in [2.75, 3.05) is 11.5 Å². The molecule has 0 atom stereocenters. The molecule has 0 bridgehead atoms. The first-order valence-electron chi connectivity index (χ1n) is 13.3. The van der Waals surface area contributed by atoms with E-state index in [0.29, 0.717) is 46.1 Å². The normalized spacial score (nSPS) is 14.1. The van der Waals surface area contributed by atoms with Gasteiger partial charge < -0.3 is 14.2 Å². The van der Waals surface area contributed by atoms with Crippen molar-refractivity contribution in [1.82, 2.24) is 5.32 Å². The van der Waals surface area contributed by atoms with Gasteiger partial charge >= 0.3 is 6.03 Å². The fraction of sp³-hybridized carbons (Fsp3) is 0.121. The highest BCUT2D eigenvalue weighted by atomic mass is 35.5. The molecular weight excluding hydrogens is 591 g/mol. The van der Waals surface area contributed by atoms with Gasteiger partial charge in [0, 0.05) is 15.6 Å². The average molecular weight is 617 g/mol. The van der Waals surface area contributed by atoms with Crippen LogP contribution in [0.3, 0.4) is 0 Å². The topological polar surface area (TPSA) is 94.2 Å². The number of nitrogens with one attached hydrogen (secondary N) is 1. The number of halogens is 2. The summed E-state index contributed by atoms with van der Waals surface area (Å²) in [6, 6.07) is 25.4. The smallest absolute Gasteiger partial charge is 0.335 e. The number of carbonyl (C=O) groups is 3. The van der Waals surface area contributed by atoms with E-state index in [1.54, 1.807) is 60.7 Å². The van der Waals surface area contributed by atoms with Crippen LogP contribution in [0.2, 0.25) is 10.0 Å². The molecule has 0 aliphatic carbocycles. The first kappa shape index (κ1) is 29.7. The standard InChI is InChI=1S/C33H26Cl2N2O6/c1-2-41-30-17-22(8-15-29(30)43-19-21-6-4-3-5-7-21)16-27-31(38)36-33(40)37(32(27)39)25-11-13-26(14-12-25)42-20-23-9-10-24(34)18-28(23)35/h3-18H,2,19-20H2,1H3,(H,36,38,40)/b27-16+. The second kappa shape index (κ2) is 13.5. The predicted molar refractivity (Wildman–Crippen MR) is 165 cm³/mol. The molecule has 1 aliphatic rings. The number of barbiturate groups is 1. The number of benzene rings is 4. The SMILES string of the molecule is CCOc1cc(/C=C2\C(=O)NC(=O)N(c3ccc(OCc4ccc(Cl)cc4Cl)cc3)C2=O)ccc1OCc1ccccc1. The number of amides is 4. The Labute approximate surface area is 258 Å². The number of nitrogens with zero attached hydrogens (tertiary/aromatic N) is 1. The molecule has 0 saturated carbocycles. The van der Waals surface area contributed by atoms with E-state index in [4.69, 9.17) is 37.4 Å². The Morgan fingerprint density at radius 2 is 1.56 bits per heavy atom. The third kappa shape index (κ3) is 7.17. The Morgan fingerprint density at radius 1 is 0.791 bits per heavy atom. The first-order valence-corrected chi connectivity index (χ1v) is 14.1. The van der Waals surface area contributed by atoms with E-state index in [1.165, 1.54) is 6.08 Å². The van der Waals surface area contributed by atoms with Crippen LogP contribution in [0.25, 0.3) is 6.08 Å². The van der Waals surface area contributed by atoms with Gasteiger partial charge in [0.2, 0.25) is 0 Å². The van der Waals surface area contributed by atoms with Crippen LogP contribution in [-0.2, 0) is 22.8 Å². The Kier molecular flexibility index (Phi) is 9.29. The maximum Gasteiger partial charge on any atom is 0.335 e. The van der Waals surface area contributed by atoms with E-state index in [-0.39, 0.29) is 17.9 Å². The van der Waals surface area contributed by atoms with E-state index in [2.05, 4.69) is 5.32 Å². The number of hydrogen-bond donors (Lipinski definition) is 1. The molecule has 1 N–H and O–H groups in total. The Hall–Kier alpha value is -4.79. The zero-order chi connectivity index (χ0) is 30.3. The van der Waals surface area contributed by atoms with Crippen LogP contribution in [0, 0.1) is 0 Å². The zero-order valence-electron chi connectivity index (χ0n) is 23.0. The second-order valence-electron chi connectivity index (χ2n) is 9.39. The summed E-state index contributed by atoms with van der Waals surface area (Å²) in [4.78, 5) is 39.7. The molecule has 0 aromatic heterocycles. The molecule has 0 radical (unpaired) electrons. The minimum absolute atomic E-state index is 0.194. The van der Waals surface area contributed by atoms with Gasteiger partial charge in [-0.1, -0.05) is 65.7 Å². The quantitative estimate of drug-likeness (QED) is 0.149. The summed E-state index contributed by atoms with van der Waals surface area (Å²) in [5.41, 5.74) is 2.32. The highest BCUT2D eigenvalue weighted by Gasteiger charge is 2.36. The van der Waals surface area contributed by atoms with Gasteiger partial charge in [0.1, 0.15) is 24.5 Å².